The number of hydrogen-bond acceptors (Lipinski definition) is 4. The van der Waals surface area contributed by atoms with E-state index in [4.69, 9.17) is 4.98 Å². The van der Waals surface area contributed by atoms with E-state index in [9.17, 15) is 5.26 Å². The van der Waals surface area contributed by atoms with Crippen LogP contribution >= 0.6 is 0 Å². The smallest absolute Gasteiger partial charge is 0.146 e. The molecular formula is C17H24N4. The molecule has 1 aromatic heterocycles. The molecule has 1 N–H and O–H groups in total. The molecule has 1 saturated heterocycles. The molecule has 0 amide bonds. The third kappa shape index (κ3) is 3.03. The number of pyridine rings is 1. The van der Waals surface area contributed by atoms with E-state index >= 15 is 0 Å². The number of anilines is 1. The number of nitrogens with one attached hydrogen (secondary N) is 1. The first-order valence-electron chi connectivity index (χ1n) is 8.16. The van der Waals surface area contributed by atoms with Gasteiger partial charge in [0, 0.05) is 18.8 Å². The second-order valence-corrected chi connectivity index (χ2v) is 6.23. The average molecular weight is 284 g/mol. The third-order valence-corrected chi connectivity index (χ3v) is 4.83. The molecular weight excluding hydrogens is 260 g/mol. The summed E-state index contributed by atoms with van der Waals surface area (Å²) in [5, 5.41) is 12.9. The number of nitrogens with zero attached hydrogens (tertiary/aromatic N) is 3. The van der Waals surface area contributed by atoms with Crippen LogP contribution in [0.3, 0.4) is 0 Å². The average Bonchev–Trinajstić information content (AvgIpc) is 2.82. The number of rotatable bonds is 2. The van der Waals surface area contributed by atoms with Crippen LogP contribution in [-0.2, 0) is 12.8 Å². The van der Waals surface area contributed by atoms with E-state index in [2.05, 4.69) is 29.4 Å². The van der Waals surface area contributed by atoms with Crippen molar-refractivity contribution in [2.24, 2.45) is 0 Å². The summed E-state index contributed by atoms with van der Waals surface area (Å²) in [4.78, 5) is 7.12. The van der Waals surface area contributed by atoms with Crippen LogP contribution in [-0.4, -0.2) is 31.2 Å². The fourth-order valence-electron chi connectivity index (χ4n) is 3.53. The predicted molar refractivity (Wildman–Crippen MR) is 84.5 cm³/mol. The highest BCUT2D eigenvalue weighted by Crippen LogP contribution is 2.28. The standard InChI is InChI=1S/C17H24N4/c1-21(15-6-4-9-19-10-8-15)17-14(12-18)11-13-5-2-3-7-16(13)20-17/h11,15,19H,2-10H2,1H3. The summed E-state index contributed by atoms with van der Waals surface area (Å²) in [7, 11) is 2.11. The number of nitriles is 1. The number of fused-ring (bicyclic) bond motifs is 1. The summed E-state index contributed by atoms with van der Waals surface area (Å²) in [6, 6.07) is 4.93. The molecule has 1 unspecified atom stereocenters. The van der Waals surface area contributed by atoms with E-state index in [1.54, 1.807) is 0 Å². The molecule has 0 spiro atoms. The van der Waals surface area contributed by atoms with Gasteiger partial charge in [-0.3, -0.25) is 0 Å². The van der Waals surface area contributed by atoms with Crippen molar-refractivity contribution in [3.8, 4) is 6.07 Å². The van der Waals surface area contributed by atoms with Crippen LogP contribution < -0.4 is 10.2 Å². The van der Waals surface area contributed by atoms with Gasteiger partial charge in [-0.15, -0.1) is 0 Å². The minimum atomic E-state index is 0.487. The molecule has 1 aliphatic carbocycles. The van der Waals surface area contributed by atoms with Gasteiger partial charge in [-0.2, -0.15) is 5.26 Å². The summed E-state index contributed by atoms with van der Waals surface area (Å²) < 4.78 is 0. The summed E-state index contributed by atoms with van der Waals surface area (Å²) in [6.07, 6.45) is 8.09. The highest BCUT2D eigenvalue weighted by Gasteiger charge is 2.22. The molecule has 2 heterocycles. The van der Waals surface area contributed by atoms with E-state index in [0.717, 1.165) is 43.7 Å². The lowest BCUT2D eigenvalue weighted by molar-refractivity contribution is 0.560. The Bertz CT molecular complexity index is 538. The topological polar surface area (TPSA) is 52.0 Å². The van der Waals surface area contributed by atoms with Crippen molar-refractivity contribution in [1.82, 2.24) is 10.3 Å². The highest BCUT2D eigenvalue weighted by molar-refractivity contribution is 5.56. The van der Waals surface area contributed by atoms with Gasteiger partial charge in [0.1, 0.15) is 11.9 Å². The third-order valence-electron chi connectivity index (χ3n) is 4.83. The van der Waals surface area contributed by atoms with Gasteiger partial charge in [-0.05, 0) is 69.7 Å². The van der Waals surface area contributed by atoms with Crippen LogP contribution in [0.25, 0.3) is 0 Å². The maximum absolute atomic E-state index is 9.49. The molecule has 1 fully saturated rings. The number of hydrogen-bond donors (Lipinski definition) is 1. The van der Waals surface area contributed by atoms with E-state index < -0.39 is 0 Å². The minimum Gasteiger partial charge on any atom is -0.356 e. The Morgan fingerprint density at radius 2 is 2.10 bits per heavy atom. The Morgan fingerprint density at radius 3 is 2.95 bits per heavy atom. The summed E-state index contributed by atoms with van der Waals surface area (Å²) in [5.74, 6) is 0.894. The quantitative estimate of drug-likeness (QED) is 0.906. The van der Waals surface area contributed by atoms with Gasteiger partial charge in [0.2, 0.25) is 0 Å². The maximum atomic E-state index is 9.49. The Labute approximate surface area is 127 Å². The predicted octanol–water partition coefficient (Wildman–Crippen LogP) is 2.41. The van der Waals surface area contributed by atoms with Gasteiger partial charge in [-0.1, -0.05) is 0 Å². The molecule has 1 aliphatic heterocycles. The van der Waals surface area contributed by atoms with Crippen LogP contribution in [0.2, 0.25) is 0 Å². The molecule has 0 saturated carbocycles. The van der Waals surface area contributed by atoms with Gasteiger partial charge < -0.3 is 10.2 Å². The van der Waals surface area contributed by atoms with Crippen molar-refractivity contribution < 1.29 is 0 Å². The lowest BCUT2D eigenvalue weighted by Gasteiger charge is -2.30. The van der Waals surface area contributed by atoms with Crippen molar-refractivity contribution in [3.63, 3.8) is 0 Å². The Kier molecular flexibility index (Phi) is 4.40. The van der Waals surface area contributed by atoms with Gasteiger partial charge in [0.05, 0.1) is 5.56 Å². The first-order chi connectivity index (χ1) is 10.3. The molecule has 0 aromatic carbocycles. The molecule has 112 valence electrons. The molecule has 3 rings (SSSR count). The van der Waals surface area contributed by atoms with E-state index in [0.29, 0.717) is 6.04 Å². The zero-order valence-corrected chi connectivity index (χ0v) is 12.9. The Balaban J connectivity index is 1.90. The second kappa shape index (κ2) is 6.44. The lowest BCUT2D eigenvalue weighted by atomic mass is 9.94. The van der Waals surface area contributed by atoms with E-state index in [1.807, 2.05) is 0 Å². The molecule has 4 nitrogen and oxygen atoms in total. The normalized spacial score (nSPS) is 22.0. The summed E-state index contributed by atoms with van der Waals surface area (Å²) in [6.45, 7) is 2.16. The van der Waals surface area contributed by atoms with Crippen molar-refractivity contribution in [3.05, 3.63) is 22.9 Å². The number of aryl methyl sites for hydroxylation is 2. The second-order valence-electron chi connectivity index (χ2n) is 6.23. The molecule has 0 radical (unpaired) electrons. The fraction of sp³-hybridized carbons (Fsp3) is 0.647. The monoisotopic (exact) mass is 284 g/mol. The van der Waals surface area contributed by atoms with Crippen LogP contribution in [0.4, 0.5) is 5.82 Å². The van der Waals surface area contributed by atoms with Gasteiger partial charge in [0.15, 0.2) is 0 Å². The van der Waals surface area contributed by atoms with Gasteiger partial charge >= 0.3 is 0 Å². The zero-order chi connectivity index (χ0) is 14.7. The molecule has 4 heteroatoms. The van der Waals surface area contributed by atoms with Crippen LogP contribution in [0.15, 0.2) is 6.07 Å². The largest absolute Gasteiger partial charge is 0.356 e. The summed E-state index contributed by atoms with van der Waals surface area (Å²) in [5.41, 5.74) is 3.25. The SMILES string of the molecule is CN(c1nc2c(cc1C#N)CCCC2)C1CCCNCC1. The van der Waals surface area contributed by atoms with Crippen molar-refractivity contribution in [2.45, 2.75) is 51.0 Å². The molecule has 0 bridgehead atoms. The molecule has 1 atom stereocenters. The molecule has 2 aliphatic rings. The minimum absolute atomic E-state index is 0.487. The van der Waals surface area contributed by atoms with Crippen molar-refractivity contribution in [2.75, 3.05) is 25.0 Å². The maximum Gasteiger partial charge on any atom is 0.146 e. The van der Waals surface area contributed by atoms with Gasteiger partial charge in [-0.25, -0.2) is 4.98 Å². The van der Waals surface area contributed by atoms with E-state index in [-0.39, 0.29) is 0 Å². The first kappa shape index (κ1) is 14.3. The van der Waals surface area contributed by atoms with Gasteiger partial charge in [0.25, 0.3) is 0 Å². The van der Waals surface area contributed by atoms with Crippen LogP contribution in [0.1, 0.15) is 48.9 Å². The first-order valence-corrected chi connectivity index (χ1v) is 8.16. The van der Waals surface area contributed by atoms with Crippen molar-refractivity contribution in [1.29, 1.82) is 5.26 Å². The number of aromatic nitrogens is 1. The lowest BCUT2D eigenvalue weighted by Crippen LogP contribution is -2.34. The van der Waals surface area contributed by atoms with Crippen LogP contribution in [0, 0.1) is 11.3 Å². The zero-order valence-electron chi connectivity index (χ0n) is 12.9. The summed E-state index contributed by atoms with van der Waals surface area (Å²) >= 11 is 0. The Morgan fingerprint density at radius 1 is 1.24 bits per heavy atom. The Hall–Kier alpha value is -1.60. The van der Waals surface area contributed by atoms with Crippen molar-refractivity contribution >= 4 is 5.82 Å². The fourth-order valence-corrected chi connectivity index (χ4v) is 3.53. The van der Waals surface area contributed by atoms with E-state index in [1.165, 1.54) is 36.9 Å². The molecule has 1 aromatic rings. The molecule has 21 heavy (non-hydrogen) atoms. The highest BCUT2D eigenvalue weighted by atomic mass is 15.2. The van der Waals surface area contributed by atoms with Crippen LogP contribution in [0.5, 0.6) is 0 Å².